The zero-order valence-electron chi connectivity index (χ0n) is 20.3. The zero-order valence-corrected chi connectivity index (χ0v) is 21.1. The number of thioether (sulfide) groups is 1. The van der Waals surface area contributed by atoms with Crippen LogP contribution >= 0.6 is 11.8 Å². The minimum atomic E-state index is -0.631. The number of hydrogen-bond donors (Lipinski definition) is 2. The number of halogens is 1. The van der Waals surface area contributed by atoms with E-state index in [9.17, 15) is 14.0 Å². The normalized spacial score (nSPS) is 11.6. The summed E-state index contributed by atoms with van der Waals surface area (Å²) in [6.07, 6.45) is 3.50. The van der Waals surface area contributed by atoms with Crippen molar-refractivity contribution in [3.8, 4) is 11.1 Å². The summed E-state index contributed by atoms with van der Waals surface area (Å²) in [6, 6.07) is 6.95. The SMILES string of the molecule is CSc1ncc2cc(-c3ccc(F)c(NC(=O)Nc4cc(C(C)(C)C)nn4C)c3)c(=O)n(C)c2n1. The van der Waals surface area contributed by atoms with Crippen LogP contribution in [0.15, 0.2) is 46.5 Å². The second-order valence-corrected chi connectivity index (χ2v) is 9.89. The second kappa shape index (κ2) is 9.14. The van der Waals surface area contributed by atoms with Crippen LogP contribution < -0.4 is 16.2 Å². The van der Waals surface area contributed by atoms with Gasteiger partial charge in [0.05, 0.1) is 11.4 Å². The molecule has 0 fully saturated rings. The van der Waals surface area contributed by atoms with Gasteiger partial charge in [-0.2, -0.15) is 5.10 Å². The van der Waals surface area contributed by atoms with Gasteiger partial charge in [-0.15, -0.1) is 0 Å². The number of carbonyl (C=O) groups is 1. The summed E-state index contributed by atoms with van der Waals surface area (Å²) < 4.78 is 17.6. The fourth-order valence-electron chi connectivity index (χ4n) is 3.55. The van der Waals surface area contributed by atoms with Crippen molar-refractivity contribution in [2.24, 2.45) is 14.1 Å². The van der Waals surface area contributed by atoms with Gasteiger partial charge < -0.3 is 5.32 Å². The standard InChI is InChI=1S/C24H26FN7O2S/c1-24(2,3)18-11-19(32(5)30-18)28-22(34)27-17-10-13(7-8-16(17)25)15-9-14-12-26-23(35-6)29-20(14)31(4)21(15)33/h7-12H,1-6H3,(H2,27,28,34). The molecule has 3 aromatic heterocycles. The van der Waals surface area contributed by atoms with E-state index in [-0.39, 0.29) is 16.7 Å². The summed E-state index contributed by atoms with van der Waals surface area (Å²) in [6.45, 7) is 6.06. The Hall–Kier alpha value is -3.73. The summed E-state index contributed by atoms with van der Waals surface area (Å²) in [7, 11) is 3.34. The first-order valence-electron chi connectivity index (χ1n) is 10.8. The second-order valence-electron chi connectivity index (χ2n) is 9.12. The highest BCUT2D eigenvalue weighted by molar-refractivity contribution is 7.98. The van der Waals surface area contributed by atoms with E-state index in [4.69, 9.17) is 0 Å². The van der Waals surface area contributed by atoms with Crippen LogP contribution in [0.1, 0.15) is 26.5 Å². The zero-order chi connectivity index (χ0) is 25.5. The predicted octanol–water partition coefficient (Wildman–Crippen LogP) is 4.53. The van der Waals surface area contributed by atoms with Crippen LogP contribution in [0, 0.1) is 5.82 Å². The van der Waals surface area contributed by atoms with E-state index in [0.29, 0.717) is 33.1 Å². The molecule has 35 heavy (non-hydrogen) atoms. The van der Waals surface area contributed by atoms with Crippen LogP contribution in [-0.4, -0.2) is 36.6 Å². The van der Waals surface area contributed by atoms with Gasteiger partial charge in [-0.1, -0.05) is 38.6 Å². The lowest BCUT2D eigenvalue weighted by Gasteiger charge is -2.13. The summed E-state index contributed by atoms with van der Waals surface area (Å²) in [5.74, 6) is -0.160. The van der Waals surface area contributed by atoms with Gasteiger partial charge in [0.2, 0.25) is 0 Å². The molecule has 0 saturated heterocycles. The lowest BCUT2D eigenvalue weighted by molar-refractivity contribution is 0.262. The molecule has 4 rings (SSSR count). The van der Waals surface area contributed by atoms with Gasteiger partial charge in [-0.25, -0.2) is 19.2 Å². The summed E-state index contributed by atoms with van der Waals surface area (Å²) in [5.41, 5.74) is 1.55. The van der Waals surface area contributed by atoms with Crippen LogP contribution in [0.2, 0.25) is 0 Å². The highest BCUT2D eigenvalue weighted by Gasteiger charge is 2.20. The molecule has 0 bridgehead atoms. The average molecular weight is 496 g/mol. The molecule has 0 aliphatic rings. The molecule has 1 aromatic carbocycles. The molecule has 9 nitrogen and oxygen atoms in total. The number of anilines is 2. The number of fused-ring (bicyclic) bond motifs is 1. The molecule has 3 heterocycles. The number of pyridine rings is 1. The van der Waals surface area contributed by atoms with E-state index in [1.165, 1.54) is 34.5 Å². The van der Waals surface area contributed by atoms with E-state index < -0.39 is 11.8 Å². The van der Waals surface area contributed by atoms with Crippen molar-refractivity contribution < 1.29 is 9.18 Å². The van der Waals surface area contributed by atoms with Crippen molar-refractivity contribution in [2.75, 3.05) is 16.9 Å². The van der Waals surface area contributed by atoms with Gasteiger partial charge in [0.1, 0.15) is 17.3 Å². The maximum Gasteiger partial charge on any atom is 0.324 e. The smallest absolute Gasteiger partial charge is 0.305 e. The van der Waals surface area contributed by atoms with E-state index in [0.717, 1.165) is 5.69 Å². The monoisotopic (exact) mass is 495 g/mol. The summed E-state index contributed by atoms with van der Waals surface area (Å²) in [5, 5.41) is 10.9. The lowest BCUT2D eigenvalue weighted by Crippen LogP contribution is -2.22. The van der Waals surface area contributed by atoms with Gasteiger partial charge in [0.15, 0.2) is 5.16 Å². The first kappa shape index (κ1) is 24.4. The number of carbonyl (C=O) groups excluding carboxylic acids is 1. The fourth-order valence-corrected chi connectivity index (χ4v) is 3.88. The Kier molecular flexibility index (Phi) is 6.37. The number of nitrogens with one attached hydrogen (secondary N) is 2. The minimum Gasteiger partial charge on any atom is -0.305 e. The number of benzene rings is 1. The third-order valence-electron chi connectivity index (χ3n) is 5.52. The van der Waals surface area contributed by atoms with Gasteiger partial charge in [-0.3, -0.25) is 19.4 Å². The fraction of sp³-hybridized carbons (Fsp3) is 0.292. The Morgan fingerprint density at radius 3 is 2.51 bits per heavy atom. The Morgan fingerprint density at radius 1 is 1.11 bits per heavy atom. The molecule has 182 valence electrons. The largest absolute Gasteiger partial charge is 0.324 e. The molecule has 0 atom stereocenters. The first-order chi connectivity index (χ1) is 16.5. The average Bonchev–Trinajstić information content (AvgIpc) is 3.18. The molecule has 0 radical (unpaired) electrons. The molecule has 0 saturated carbocycles. The van der Waals surface area contributed by atoms with Gasteiger partial charge >= 0.3 is 6.03 Å². The molecular weight excluding hydrogens is 469 g/mol. The van der Waals surface area contributed by atoms with Gasteiger partial charge in [-0.05, 0) is 30.0 Å². The molecule has 0 unspecified atom stereocenters. The van der Waals surface area contributed by atoms with E-state index in [1.807, 2.05) is 27.0 Å². The minimum absolute atomic E-state index is 0.0608. The van der Waals surface area contributed by atoms with Crippen molar-refractivity contribution in [1.82, 2.24) is 24.3 Å². The number of rotatable bonds is 4. The van der Waals surface area contributed by atoms with E-state index in [1.54, 1.807) is 37.1 Å². The summed E-state index contributed by atoms with van der Waals surface area (Å²) >= 11 is 1.38. The number of aromatic nitrogens is 5. The van der Waals surface area contributed by atoms with Gasteiger partial charge in [0.25, 0.3) is 5.56 Å². The Morgan fingerprint density at radius 2 is 1.86 bits per heavy atom. The maximum absolute atomic E-state index is 14.6. The third-order valence-corrected chi connectivity index (χ3v) is 6.09. The molecular formula is C24H26FN7O2S. The Labute approximate surface area is 205 Å². The highest BCUT2D eigenvalue weighted by atomic mass is 32.2. The number of nitrogens with zero attached hydrogens (tertiary/aromatic N) is 5. The molecule has 2 amide bonds. The number of amides is 2. The predicted molar refractivity (Wildman–Crippen MR) is 137 cm³/mol. The number of urea groups is 1. The molecule has 0 aliphatic carbocycles. The molecule has 11 heteroatoms. The molecule has 2 N–H and O–H groups in total. The maximum atomic E-state index is 14.6. The van der Waals surface area contributed by atoms with E-state index >= 15 is 0 Å². The van der Waals surface area contributed by atoms with Crippen LogP contribution in [0.5, 0.6) is 0 Å². The van der Waals surface area contributed by atoms with Crippen LogP contribution in [-0.2, 0) is 19.5 Å². The van der Waals surface area contributed by atoms with Crippen molar-refractivity contribution in [1.29, 1.82) is 0 Å². The third kappa shape index (κ3) is 4.90. The van der Waals surface area contributed by atoms with Crippen LogP contribution in [0.3, 0.4) is 0 Å². The molecule has 4 aromatic rings. The van der Waals surface area contributed by atoms with E-state index in [2.05, 4.69) is 25.7 Å². The molecule has 0 aliphatic heterocycles. The number of hydrogen-bond acceptors (Lipinski definition) is 6. The number of aryl methyl sites for hydroxylation is 2. The Balaban J connectivity index is 1.64. The molecule has 0 spiro atoms. The van der Waals surface area contributed by atoms with Crippen molar-refractivity contribution in [3.05, 3.63) is 58.4 Å². The summed E-state index contributed by atoms with van der Waals surface area (Å²) in [4.78, 5) is 34.4. The van der Waals surface area contributed by atoms with Crippen LogP contribution in [0.4, 0.5) is 20.7 Å². The first-order valence-corrected chi connectivity index (χ1v) is 12.0. The van der Waals surface area contributed by atoms with Crippen LogP contribution in [0.25, 0.3) is 22.2 Å². The van der Waals surface area contributed by atoms with Crippen molar-refractivity contribution >= 4 is 40.3 Å². The highest BCUT2D eigenvalue weighted by Crippen LogP contribution is 2.26. The topological polar surface area (TPSA) is 107 Å². The lowest BCUT2D eigenvalue weighted by atomic mass is 9.92. The van der Waals surface area contributed by atoms with Gasteiger partial charge in [0, 0.05) is 42.7 Å². The van der Waals surface area contributed by atoms with Crippen molar-refractivity contribution in [2.45, 2.75) is 31.3 Å². The Bertz CT molecular complexity index is 1500. The quantitative estimate of drug-likeness (QED) is 0.318. The van der Waals surface area contributed by atoms with Crippen molar-refractivity contribution in [3.63, 3.8) is 0 Å².